The van der Waals surface area contributed by atoms with Gasteiger partial charge in [0, 0.05) is 21.9 Å². The average molecular weight is 563 g/mol. The molecule has 0 fully saturated rings. The number of thioether (sulfide) groups is 1. The highest BCUT2D eigenvalue weighted by atomic mass is 127. The predicted molar refractivity (Wildman–Crippen MR) is 136 cm³/mol. The molecule has 3 aromatic rings. The lowest BCUT2D eigenvalue weighted by atomic mass is 10.1. The number of halogens is 1. The number of hydrogen-bond acceptors (Lipinski definition) is 5. The molecule has 0 bridgehead atoms. The van der Waals surface area contributed by atoms with E-state index >= 15 is 0 Å². The summed E-state index contributed by atoms with van der Waals surface area (Å²) in [5.41, 5.74) is 4.61. The van der Waals surface area contributed by atoms with Crippen LogP contribution in [0.1, 0.15) is 45.8 Å². The summed E-state index contributed by atoms with van der Waals surface area (Å²) >= 11 is 3.57. The molecule has 0 aliphatic carbocycles. The molecule has 9 heteroatoms. The first-order valence-electron chi connectivity index (χ1n) is 10.1. The van der Waals surface area contributed by atoms with E-state index in [1.54, 1.807) is 16.7 Å². The van der Waals surface area contributed by atoms with Crippen molar-refractivity contribution >= 4 is 51.9 Å². The normalized spacial score (nSPS) is 11.8. The molecular weight excluding hydrogens is 537 g/mol. The fourth-order valence-corrected chi connectivity index (χ4v) is 4.94. The fraction of sp³-hybridized carbons (Fsp3) is 0.304. The van der Waals surface area contributed by atoms with Crippen LogP contribution in [0.15, 0.2) is 41.6 Å². The van der Waals surface area contributed by atoms with E-state index in [0.29, 0.717) is 16.5 Å². The Bertz CT molecular complexity index is 1120. The number of aryl methyl sites for hydroxylation is 3. The molecule has 0 unspecified atom stereocenters. The minimum atomic E-state index is -0.332. The molecule has 1 aromatic heterocycles. The Morgan fingerprint density at radius 2 is 1.72 bits per heavy atom. The molecule has 0 saturated carbocycles. The van der Waals surface area contributed by atoms with Gasteiger partial charge in [0.1, 0.15) is 0 Å². The second-order valence-corrected chi connectivity index (χ2v) is 9.90. The maximum absolute atomic E-state index is 12.5. The van der Waals surface area contributed by atoms with Crippen LogP contribution in [0.4, 0.5) is 5.69 Å². The molecule has 168 valence electrons. The average Bonchev–Trinajstić information content (AvgIpc) is 3.10. The number of amides is 2. The summed E-state index contributed by atoms with van der Waals surface area (Å²) in [4.78, 5) is 25.0. The summed E-state index contributed by atoms with van der Waals surface area (Å²) in [6, 6.07) is 11.1. The van der Waals surface area contributed by atoms with Gasteiger partial charge in [-0.25, -0.2) is 0 Å². The molecular formula is C23H26IN5O2S. The van der Waals surface area contributed by atoms with Gasteiger partial charge in [0.15, 0.2) is 11.0 Å². The Hall–Kier alpha value is -2.40. The van der Waals surface area contributed by atoms with Gasteiger partial charge in [0.25, 0.3) is 5.91 Å². The Morgan fingerprint density at radius 3 is 2.34 bits per heavy atom. The van der Waals surface area contributed by atoms with Crippen LogP contribution >= 0.6 is 34.4 Å². The topological polar surface area (TPSA) is 88.9 Å². The lowest BCUT2D eigenvalue weighted by molar-refractivity contribution is -0.113. The molecule has 32 heavy (non-hydrogen) atoms. The van der Waals surface area contributed by atoms with Crippen LogP contribution < -0.4 is 10.6 Å². The molecule has 0 spiro atoms. The Kier molecular flexibility index (Phi) is 7.94. The summed E-state index contributed by atoms with van der Waals surface area (Å²) in [6.07, 6.45) is 0. The number of carbonyl (C=O) groups excluding carboxylic acids is 2. The quantitative estimate of drug-likeness (QED) is 0.325. The standard InChI is InChI=1S/C23H26IN5O2S/c1-13-6-8-17(9-7-13)22(31)25-16(4)21-27-28-23(29(21)5)32-12-19(30)26-20-14(2)10-18(24)11-15(20)3/h6-11,16H,12H2,1-5H3,(H,25,31)(H,26,30)/t16-/m0/s1. The van der Waals surface area contributed by atoms with E-state index < -0.39 is 0 Å². The summed E-state index contributed by atoms with van der Waals surface area (Å²) in [5.74, 6) is 0.559. The summed E-state index contributed by atoms with van der Waals surface area (Å²) in [6.45, 7) is 7.81. The Morgan fingerprint density at radius 1 is 1.09 bits per heavy atom. The summed E-state index contributed by atoms with van der Waals surface area (Å²) in [5, 5.41) is 15.0. The smallest absolute Gasteiger partial charge is 0.251 e. The maximum atomic E-state index is 12.5. The molecule has 1 atom stereocenters. The van der Waals surface area contributed by atoms with Crippen molar-refractivity contribution in [3.8, 4) is 0 Å². The Labute approximate surface area is 205 Å². The minimum Gasteiger partial charge on any atom is -0.342 e. The number of rotatable bonds is 7. The zero-order valence-electron chi connectivity index (χ0n) is 18.7. The lowest BCUT2D eigenvalue weighted by Crippen LogP contribution is -2.28. The van der Waals surface area contributed by atoms with E-state index in [2.05, 4.69) is 43.4 Å². The summed E-state index contributed by atoms with van der Waals surface area (Å²) < 4.78 is 2.94. The third kappa shape index (κ3) is 5.89. The third-order valence-electron chi connectivity index (χ3n) is 5.01. The first kappa shape index (κ1) is 24.2. The van der Waals surface area contributed by atoms with Crippen LogP contribution in [0, 0.1) is 24.3 Å². The van der Waals surface area contributed by atoms with Gasteiger partial charge in [-0.05, 0) is 85.7 Å². The SMILES string of the molecule is Cc1ccc(C(=O)N[C@@H](C)c2nnc(SCC(=O)Nc3c(C)cc(I)cc3C)n2C)cc1. The van der Waals surface area contributed by atoms with Crippen molar-refractivity contribution in [2.75, 3.05) is 11.1 Å². The summed E-state index contributed by atoms with van der Waals surface area (Å²) in [7, 11) is 1.83. The van der Waals surface area contributed by atoms with Gasteiger partial charge in [-0.2, -0.15) is 0 Å². The van der Waals surface area contributed by atoms with E-state index in [1.807, 2.05) is 59.0 Å². The van der Waals surface area contributed by atoms with E-state index in [0.717, 1.165) is 25.9 Å². The molecule has 0 aliphatic rings. The van der Waals surface area contributed by atoms with Crippen molar-refractivity contribution in [2.24, 2.45) is 7.05 Å². The van der Waals surface area contributed by atoms with Crippen LogP contribution in [0.5, 0.6) is 0 Å². The Balaban J connectivity index is 1.60. The van der Waals surface area contributed by atoms with Crippen molar-refractivity contribution in [1.82, 2.24) is 20.1 Å². The van der Waals surface area contributed by atoms with Crippen LogP contribution in [0.3, 0.4) is 0 Å². The van der Waals surface area contributed by atoms with Crippen molar-refractivity contribution in [2.45, 2.75) is 38.9 Å². The number of benzene rings is 2. The van der Waals surface area contributed by atoms with Gasteiger partial charge in [0.2, 0.25) is 5.91 Å². The monoisotopic (exact) mass is 563 g/mol. The molecule has 2 N–H and O–H groups in total. The van der Waals surface area contributed by atoms with Crippen molar-refractivity contribution in [1.29, 1.82) is 0 Å². The van der Waals surface area contributed by atoms with Gasteiger partial charge in [-0.15, -0.1) is 10.2 Å². The molecule has 2 aromatic carbocycles. The second-order valence-electron chi connectivity index (χ2n) is 7.71. The highest BCUT2D eigenvalue weighted by Crippen LogP contribution is 2.24. The number of carbonyl (C=O) groups is 2. The number of hydrogen-bond donors (Lipinski definition) is 2. The van der Waals surface area contributed by atoms with Gasteiger partial charge < -0.3 is 15.2 Å². The first-order valence-corrected chi connectivity index (χ1v) is 12.2. The maximum Gasteiger partial charge on any atom is 0.251 e. The lowest BCUT2D eigenvalue weighted by Gasteiger charge is -2.14. The van der Waals surface area contributed by atoms with Gasteiger partial charge in [0.05, 0.1) is 11.8 Å². The highest BCUT2D eigenvalue weighted by Gasteiger charge is 2.19. The van der Waals surface area contributed by atoms with E-state index in [4.69, 9.17) is 0 Å². The fourth-order valence-electron chi connectivity index (χ4n) is 3.29. The van der Waals surface area contributed by atoms with Crippen LogP contribution in [-0.4, -0.2) is 32.3 Å². The molecule has 0 aliphatic heterocycles. The van der Waals surface area contributed by atoms with E-state index in [1.165, 1.54) is 11.8 Å². The predicted octanol–water partition coefficient (Wildman–Crippen LogP) is 4.57. The van der Waals surface area contributed by atoms with Gasteiger partial charge in [-0.1, -0.05) is 29.5 Å². The largest absolute Gasteiger partial charge is 0.342 e. The third-order valence-corrected chi connectivity index (χ3v) is 6.65. The number of nitrogens with one attached hydrogen (secondary N) is 2. The van der Waals surface area contributed by atoms with Crippen LogP contribution in [0.25, 0.3) is 0 Å². The molecule has 3 rings (SSSR count). The highest BCUT2D eigenvalue weighted by molar-refractivity contribution is 14.1. The minimum absolute atomic E-state index is 0.104. The molecule has 7 nitrogen and oxygen atoms in total. The molecule has 2 amide bonds. The van der Waals surface area contributed by atoms with Gasteiger partial charge in [-0.3, -0.25) is 9.59 Å². The van der Waals surface area contributed by atoms with E-state index in [9.17, 15) is 9.59 Å². The first-order chi connectivity index (χ1) is 15.2. The molecule has 1 heterocycles. The van der Waals surface area contributed by atoms with Crippen molar-refractivity contribution in [3.05, 3.63) is 68.0 Å². The number of aromatic nitrogens is 3. The van der Waals surface area contributed by atoms with Crippen LogP contribution in [0.2, 0.25) is 0 Å². The second kappa shape index (κ2) is 10.5. The zero-order valence-corrected chi connectivity index (χ0v) is 21.7. The zero-order chi connectivity index (χ0) is 23.4. The molecule has 0 saturated heterocycles. The molecule has 0 radical (unpaired) electrons. The van der Waals surface area contributed by atoms with Crippen molar-refractivity contribution < 1.29 is 9.59 Å². The van der Waals surface area contributed by atoms with Gasteiger partial charge >= 0.3 is 0 Å². The van der Waals surface area contributed by atoms with E-state index in [-0.39, 0.29) is 23.6 Å². The van der Waals surface area contributed by atoms with Crippen LogP contribution in [-0.2, 0) is 11.8 Å². The number of nitrogens with zero attached hydrogens (tertiary/aromatic N) is 3. The number of anilines is 1. The van der Waals surface area contributed by atoms with Crippen molar-refractivity contribution in [3.63, 3.8) is 0 Å².